The fourth-order valence-corrected chi connectivity index (χ4v) is 1.29. The van der Waals surface area contributed by atoms with Crippen LogP contribution in [0.25, 0.3) is 0 Å². The Labute approximate surface area is 87.7 Å². The fourth-order valence-electron chi connectivity index (χ4n) is 0.428. The third-order valence-corrected chi connectivity index (χ3v) is 3.08. The van der Waals surface area contributed by atoms with Gasteiger partial charge in [0.2, 0.25) is 7.37 Å². The summed E-state index contributed by atoms with van der Waals surface area (Å²) in [5, 5.41) is 8.14. The Bertz CT molecular complexity index is 170. The Balaban J connectivity index is 0. The van der Waals surface area contributed by atoms with Gasteiger partial charge in [-0.15, -0.1) is 0 Å². The van der Waals surface area contributed by atoms with Crippen LogP contribution in [-0.2, 0) is 9.36 Å². The van der Waals surface area contributed by atoms with Gasteiger partial charge in [-0.2, -0.15) is 0 Å². The molecule has 1 atom stereocenters. The predicted octanol–water partition coefficient (Wildman–Crippen LogP) is 0.103. The van der Waals surface area contributed by atoms with Gasteiger partial charge >= 0.3 is 35.5 Å². The van der Waals surface area contributed by atoms with E-state index in [0.29, 0.717) is 0 Å². The van der Waals surface area contributed by atoms with Crippen LogP contribution in [0.2, 0.25) is 0 Å². The van der Waals surface area contributed by atoms with Crippen LogP contribution in [0.4, 0.5) is 0 Å². The Hall–Kier alpha value is 0.660. The summed E-state index contributed by atoms with van der Waals surface area (Å²) in [7, 11) is -3.11. The van der Waals surface area contributed by atoms with Crippen molar-refractivity contribution in [2.45, 2.75) is 13.3 Å². The van der Waals surface area contributed by atoms with Gasteiger partial charge in [-0.05, 0) is 0 Å². The molecule has 0 aromatic rings. The number of hydrogen-bond donors (Lipinski definition) is 2. The van der Waals surface area contributed by atoms with Gasteiger partial charge in [0.25, 0.3) is 0 Å². The maximum absolute atomic E-state index is 10.8. The van der Waals surface area contributed by atoms with E-state index >= 15 is 0 Å². The second kappa shape index (κ2) is 6.21. The van der Waals surface area contributed by atoms with Gasteiger partial charge in [0.05, 0.1) is 6.42 Å². The van der Waals surface area contributed by atoms with Crippen LogP contribution in [0.1, 0.15) is 13.3 Å². The quantitative estimate of drug-likeness (QED) is 0.487. The predicted molar refractivity (Wildman–Crippen MR) is 44.6 cm³/mol. The van der Waals surface area contributed by atoms with Crippen LogP contribution in [-0.4, -0.2) is 57.9 Å². The summed E-state index contributed by atoms with van der Waals surface area (Å²) in [4.78, 5) is 18.8. The summed E-state index contributed by atoms with van der Waals surface area (Å²) in [5.74, 6) is -1.03. The first-order valence-corrected chi connectivity index (χ1v) is 5.03. The standard InChI is InChI=1S/C5H11O4P.Na.H/c1-2-10(8,9)4-3-5(6)7;;/h2-4H2,1H3,(H,6,7)(H,8,9);;. The summed E-state index contributed by atoms with van der Waals surface area (Å²) < 4.78 is 10.8. The number of carbonyl (C=O) groups is 1. The van der Waals surface area contributed by atoms with Gasteiger partial charge < -0.3 is 10.00 Å². The van der Waals surface area contributed by atoms with E-state index in [1.807, 2.05) is 0 Å². The molecule has 0 radical (unpaired) electrons. The second-order valence-corrected chi connectivity index (χ2v) is 4.80. The first kappa shape index (κ1) is 14.2. The molecule has 0 rings (SSSR count). The van der Waals surface area contributed by atoms with Crippen molar-refractivity contribution < 1.29 is 19.4 Å². The average molecular weight is 190 g/mol. The minimum absolute atomic E-state index is 0. The summed E-state index contributed by atoms with van der Waals surface area (Å²) in [6, 6.07) is 0. The van der Waals surface area contributed by atoms with Crippen LogP contribution < -0.4 is 0 Å². The van der Waals surface area contributed by atoms with Gasteiger partial charge in [-0.25, -0.2) is 0 Å². The Morgan fingerprint density at radius 3 is 2.27 bits per heavy atom. The molecule has 6 heteroatoms. The van der Waals surface area contributed by atoms with E-state index in [0.717, 1.165) is 0 Å². The third kappa shape index (κ3) is 8.57. The SMILES string of the molecule is CCP(=O)(O)CCC(=O)O.[NaH]. The molecule has 0 amide bonds. The molecule has 0 aliphatic carbocycles. The number of rotatable bonds is 4. The van der Waals surface area contributed by atoms with Crippen molar-refractivity contribution in [3.05, 3.63) is 0 Å². The summed E-state index contributed by atoms with van der Waals surface area (Å²) >= 11 is 0. The molecule has 0 fully saturated rings. The number of carboxylic acid groups (broad SMARTS) is 1. The normalized spacial score (nSPS) is 14.7. The van der Waals surface area contributed by atoms with Crippen LogP contribution in [0, 0.1) is 0 Å². The topological polar surface area (TPSA) is 74.6 Å². The van der Waals surface area contributed by atoms with Crippen molar-refractivity contribution in [2.75, 3.05) is 12.3 Å². The average Bonchev–Trinajstić information content (AvgIpc) is 1.85. The van der Waals surface area contributed by atoms with Crippen molar-refractivity contribution in [3.8, 4) is 0 Å². The molecule has 0 saturated heterocycles. The molecule has 0 aliphatic rings. The van der Waals surface area contributed by atoms with Crippen molar-refractivity contribution in [1.82, 2.24) is 0 Å². The molecule has 1 unspecified atom stereocenters. The zero-order chi connectivity index (χ0) is 8.20. The first-order chi connectivity index (χ1) is 4.48. The molecule has 11 heavy (non-hydrogen) atoms. The van der Waals surface area contributed by atoms with E-state index in [-0.39, 0.29) is 48.3 Å². The Morgan fingerprint density at radius 1 is 1.55 bits per heavy atom. The van der Waals surface area contributed by atoms with Crippen molar-refractivity contribution in [1.29, 1.82) is 0 Å². The molecule has 2 N–H and O–H groups in total. The molecule has 62 valence electrons. The molecule has 0 bridgehead atoms. The van der Waals surface area contributed by atoms with Gasteiger partial charge in [-0.1, -0.05) is 6.92 Å². The number of hydrogen-bond acceptors (Lipinski definition) is 2. The van der Waals surface area contributed by atoms with Gasteiger partial charge in [0.1, 0.15) is 0 Å². The van der Waals surface area contributed by atoms with Crippen LogP contribution in [0.5, 0.6) is 0 Å². The van der Waals surface area contributed by atoms with Gasteiger partial charge in [-0.3, -0.25) is 9.36 Å². The summed E-state index contributed by atoms with van der Waals surface area (Å²) in [5.41, 5.74) is 0. The Kier molecular flexibility index (Phi) is 8.01. The van der Waals surface area contributed by atoms with E-state index in [2.05, 4.69) is 0 Å². The van der Waals surface area contributed by atoms with Crippen molar-refractivity contribution in [3.63, 3.8) is 0 Å². The molecule has 0 aliphatic heterocycles. The molecule has 0 aromatic carbocycles. The zero-order valence-corrected chi connectivity index (χ0v) is 6.67. The summed E-state index contributed by atoms with van der Waals surface area (Å²) in [6.45, 7) is 1.57. The molecule has 0 saturated carbocycles. The van der Waals surface area contributed by atoms with Gasteiger partial charge in [0.15, 0.2) is 0 Å². The molecule has 0 aromatic heterocycles. The zero-order valence-electron chi connectivity index (χ0n) is 5.78. The molecule has 0 heterocycles. The molecular weight excluding hydrogens is 178 g/mol. The van der Waals surface area contributed by atoms with Crippen molar-refractivity contribution in [2.24, 2.45) is 0 Å². The Morgan fingerprint density at radius 2 is 2.00 bits per heavy atom. The second-order valence-electron chi connectivity index (χ2n) is 2.03. The maximum atomic E-state index is 10.8. The van der Waals surface area contributed by atoms with E-state index in [1.54, 1.807) is 6.92 Å². The monoisotopic (exact) mass is 190 g/mol. The number of aliphatic carboxylic acids is 1. The molecule has 0 spiro atoms. The minimum atomic E-state index is -3.11. The fraction of sp³-hybridized carbons (Fsp3) is 0.800. The van der Waals surface area contributed by atoms with Crippen LogP contribution in [0.3, 0.4) is 0 Å². The molecular formula is C5H12NaO4P. The number of carboxylic acids is 1. The van der Waals surface area contributed by atoms with E-state index in [4.69, 9.17) is 10.00 Å². The summed E-state index contributed by atoms with van der Waals surface area (Å²) in [6.07, 6.45) is -0.180. The third-order valence-electron chi connectivity index (χ3n) is 1.17. The van der Waals surface area contributed by atoms with Crippen LogP contribution in [0.15, 0.2) is 0 Å². The van der Waals surface area contributed by atoms with E-state index < -0.39 is 13.3 Å². The van der Waals surface area contributed by atoms with Crippen LogP contribution >= 0.6 is 7.37 Å². The van der Waals surface area contributed by atoms with E-state index in [9.17, 15) is 9.36 Å². The first-order valence-electron chi connectivity index (χ1n) is 3.00. The molecule has 4 nitrogen and oxygen atoms in total. The van der Waals surface area contributed by atoms with E-state index in [1.165, 1.54) is 0 Å². The van der Waals surface area contributed by atoms with Gasteiger partial charge in [0, 0.05) is 12.3 Å². The van der Waals surface area contributed by atoms with Crippen molar-refractivity contribution >= 4 is 42.9 Å².